The SMILES string of the molecule is O=C(Nc1nnc(C2CC2)o1)C1CC2CC2C1. The van der Waals surface area contributed by atoms with Crippen molar-refractivity contribution in [3.05, 3.63) is 5.89 Å². The fraction of sp³-hybridized carbons (Fsp3) is 0.750. The summed E-state index contributed by atoms with van der Waals surface area (Å²) in [4.78, 5) is 11.9. The Balaban J connectivity index is 1.40. The minimum absolute atomic E-state index is 0.0585. The number of aromatic nitrogens is 2. The number of carbonyl (C=O) groups excluding carboxylic acids is 1. The summed E-state index contributed by atoms with van der Waals surface area (Å²) >= 11 is 0. The molecule has 0 saturated heterocycles. The van der Waals surface area contributed by atoms with Gasteiger partial charge >= 0.3 is 6.01 Å². The fourth-order valence-electron chi connectivity index (χ4n) is 2.92. The molecule has 4 rings (SSSR count). The highest BCUT2D eigenvalue weighted by Crippen LogP contribution is 2.54. The van der Waals surface area contributed by atoms with Gasteiger partial charge in [-0.05, 0) is 43.9 Å². The van der Waals surface area contributed by atoms with Crippen LogP contribution < -0.4 is 5.32 Å². The highest BCUT2D eigenvalue weighted by Gasteiger charge is 2.48. The van der Waals surface area contributed by atoms with Gasteiger partial charge in [0, 0.05) is 11.8 Å². The van der Waals surface area contributed by atoms with E-state index in [1.807, 2.05) is 0 Å². The zero-order chi connectivity index (χ0) is 11.4. The third-order valence-electron chi connectivity index (χ3n) is 4.21. The van der Waals surface area contributed by atoms with Crippen LogP contribution in [0.2, 0.25) is 0 Å². The first kappa shape index (κ1) is 9.62. The number of hydrogen-bond donors (Lipinski definition) is 1. The zero-order valence-electron chi connectivity index (χ0n) is 9.56. The lowest BCUT2D eigenvalue weighted by Gasteiger charge is -2.09. The van der Waals surface area contributed by atoms with Gasteiger partial charge < -0.3 is 4.42 Å². The van der Waals surface area contributed by atoms with Crippen LogP contribution in [-0.4, -0.2) is 16.1 Å². The van der Waals surface area contributed by atoms with Gasteiger partial charge in [-0.2, -0.15) is 0 Å². The number of hydrogen-bond acceptors (Lipinski definition) is 4. The van der Waals surface area contributed by atoms with Gasteiger partial charge in [0.25, 0.3) is 0 Å². The predicted octanol–water partition coefficient (Wildman–Crippen LogP) is 1.93. The number of fused-ring (bicyclic) bond motifs is 1. The number of nitrogens with one attached hydrogen (secondary N) is 1. The van der Waals surface area contributed by atoms with Crippen molar-refractivity contribution in [3.63, 3.8) is 0 Å². The Kier molecular flexibility index (Phi) is 1.87. The Morgan fingerprint density at radius 3 is 2.65 bits per heavy atom. The molecule has 1 amide bonds. The van der Waals surface area contributed by atoms with Crippen LogP contribution in [0.3, 0.4) is 0 Å². The van der Waals surface area contributed by atoms with E-state index in [9.17, 15) is 4.79 Å². The second-order valence-corrected chi connectivity index (χ2v) is 5.63. The fourth-order valence-corrected chi connectivity index (χ4v) is 2.92. The minimum Gasteiger partial charge on any atom is -0.408 e. The summed E-state index contributed by atoms with van der Waals surface area (Å²) in [7, 11) is 0. The summed E-state index contributed by atoms with van der Waals surface area (Å²) in [6, 6.07) is 0.275. The Bertz CT molecular complexity index is 456. The van der Waals surface area contributed by atoms with Crippen molar-refractivity contribution >= 4 is 11.9 Å². The first-order chi connectivity index (χ1) is 8.29. The maximum absolute atomic E-state index is 11.9. The molecule has 1 aromatic rings. The largest absolute Gasteiger partial charge is 0.408 e. The van der Waals surface area contributed by atoms with Gasteiger partial charge in [-0.3, -0.25) is 10.1 Å². The Hall–Kier alpha value is -1.39. The third kappa shape index (κ3) is 1.73. The summed E-state index contributed by atoms with van der Waals surface area (Å²) in [6.45, 7) is 0. The van der Waals surface area contributed by atoms with Crippen molar-refractivity contribution < 1.29 is 9.21 Å². The van der Waals surface area contributed by atoms with Crippen molar-refractivity contribution in [2.45, 2.75) is 38.0 Å². The van der Waals surface area contributed by atoms with E-state index in [2.05, 4.69) is 15.5 Å². The average molecular weight is 233 g/mol. The second kappa shape index (κ2) is 3.31. The Morgan fingerprint density at radius 2 is 1.94 bits per heavy atom. The van der Waals surface area contributed by atoms with Crippen LogP contribution in [0.5, 0.6) is 0 Å². The monoisotopic (exact) mass is 233 g/mol. The molecule has 3 fully saturated rings. The summed E-state index contributed by atoms with van der Waals surface area (Å²) in [5.74, 6) is 2.96. The molecule has 90 valence electrons. The van der Waals surface area contributed by atoms with Crippen LogP contribution in [0.1, 0.15) is 43.9 Å². The lowest BCUT2D eigenvalue weighted by atomic mass is 10.0. The molecule has 0 radical (unpaired) electrons. The normalized spacial score (nSPS) is 34.5. The molecule has 0 aromatic carbocycles. The second-order valence-electron chi connectivity index (χ2n) is 5.63. The summed E-state index contributed by atoms with van der Waals surface area (Å²) < 4.78 is 5.42. The maximum atomic E-state index is 11.9. The Morgan fingerprint density at radius 1 is 1.18 bits per heavy atom. The molecule has 5 heteroatoms. The minimum atomic E-state index is 0.0585. The van der Waals surface area contributed by atoms with Crippen LogP contribution in [0.25, 0.3) is 0 Å². The molecule has 0 bridgehead atoms. The molecular weight excluding hydrogens is 218 g/mol. The van der Waals surface area contributed by atoms with E-state index in [4.69, 9.17) is 4.42 Å². The smallest absolute Gasteiger partial charge is 0.322 e. The van der Waals surface area contributed by atoms with Crippen LogP contribution >= 0.6 is 0 Å². The van der Waals surface area contributed by atoms with Gasteiger partial charge in [-0.15, -0.1) is 5.10 Å². The summed E-state index contributed by atoms with van der Waals surface area (Å²) in [5, 5.41) is 10.6. The van der Waals surface area contributed by atoms with E-state index in [1.165, 1.54) is 6.42 Å². The van der Waals surface area contributed by atoms with Gasteiger partial charge in [-0.1, -0.05) is 5.10 Å². The van der Waals surface area contributed by atoms with Crippen molar-refractivity contribution in [3.8, 4) is 0 Å². The lowest BCUT2D eigenvalue weighted by molar-refractivity contribution is -0.120. The first-order valence-corrected chi connectivity index (χ1v) is 6.44. The highest BCUT2D eigenvalue weighted by atomic mass is 16.4. The zero-order valence-corrected chi connectivity index (χ0v) is 9.56. The van der Waals surface area contributed by atoms with Crippen LogP contribution in [0.15, 0.2) is 4.42 Å². The van der Waals surface area contributed by atoms with Crippen LogP contribution in [0, 0.1) is 17.8 Å². The van der Waals surface area contributed by atoms with Gasteiger partial charge in [0.2, 0.25) is 11.8 Å². The molecule has 1 heterocycles. The number of nitrogens with zero attached hydrogens (tertiary/aromatic N) is 2. The number of rotatable bonds is 3. The van der Waals surface area contributed by atoms with Gasteiger partial charge in [0.15, 0.2) is 0 Å². The van der Waals surface area contributed by atoms with Crippen molar-refractivity contribution in [2.24, 2.45) is 17.8 Å². The van der Waals surface area contributed by atoms with E-state index in [0.717, 1.165) is 37.5 Å². The number of carbonyl (C=O) groups is 1. The predicted molar refractivity (Wildman–Crippen MR) is 59.2 cm³/mol. The molecule has 5 nitrogen and oxygen atoms in total. The molecule has 0 aliphatic heterocycles. The molecule has 3 saturated carbocycles. The van der Waals surface area contributed by atoms with Gasteiger partial charge in [0.1, 0.15) is 0 Å². The average Bonchev–Trinajstić information content (AvgIpc) is 3.23. The lowest BCUT2D eigenvalue weighted by Crippen LogP contribution is -2.21. The van der Waals surface area contributed by atoms with E-state index in [1.54, 1.807) is 0 Å². The van der Waals surface area contributed by atoms with E-state index in [0.29, 0.717) is 11.8 Å². The molecule has 3 aliphatic carbocycles. The van der Waals surface area contributed by atoms with Crippen molar-refractivity contribution in [1.82, 2.24) is 10.2 Å². The van der Waals surface area contributed by atoms with Gasteiger partial charge in [-0.25, -0.2) is 0 Å². The molecule has 2 atom stereocenters. The van der Waals surface area contributed by atoms with Crippen molar-refractivity contribution in [2.75, 3.05) is 5.32 Å². The molecule has 1 N–H and O–H groups in total. The molecular formula is C12H15N3O2. The summed E-state index contributed by atoms with van der Waals surface area (Å²) in [6.07, 6.45) is 5.67. The molecule has 17 heavy (non-hydrogen) atoms. The topological polar surface area (TPSA) is 68.0 Å². The van der Waals surface area contributed by atoms with E-state index in [-0.39, 0.29) is 17.8 Å². The summed E-state index contributed by atoms with van der Waals surface area (Å²) in [5.41, 5.74) is 0. The van der Waals surface area contributed by atoms with Crippen molar-refractivity contribution in [1.29, 1.82) is 0 Å². The first-order valence-electron chi connectivity index (χ1n) is 6.44. The Labute approximate surface area is 99.0 Å². The van der Waals surface area contributed by atoms with E-state index >= 15 is 0 Å². The standard InChI is InChI=1S/C12H15N3O2/c16-10(9-4-7-3-8(7)5-9)13-12-15-14-11(17-12)6-1-2-6/h6-9H,1-5H2,(H,13,15,16). The molecule has 1 aromatic heterocycles. The number of anilines is 1. The third-order valence-corrected chi connectivity index (χ3v) is 4.21. The maximum Gasteiger partial charge on any atom is 0.322 e. The van der Waals surface area contributed by atoms with Crippen LogP contribution in [0.4, 0.5) is 6.01 Å². The quantitative estimate of drug-likeness (QED) is 0.866. The number of amides is 1. The molecule has 0 spiro atoms. The molecule has 3 aliphatic rings. The van der Waals surface area contributed by atoms with E-state index < -0.39 is 0 Å². The highest BCUT2D eigenvalue weighted by molar-refractivity contribution is 5.90. The van der Waals surface area contributed by atoms with Gasteiger partial charge in [0.05, 0.1) is 0 Å². The molecule has 2 unspecified atom stereocenters. The van der Waals surface area contributed by atoms with Crippen LogP contribution in [-0.2, 0) is 4.79 Å².